The molecule has 0 saturated heterocycles. The Kier molecular flexibility index (Phi) is 6.39. The van der Waals surface area contributed by atoms with Gasteiger partial charge in [0.1, 0.15) is 5.82 Å². The first-order valence-corrected chi connectivity index (χ1v) is 9.34. The van der Waals surface area contributed by atoms with Crippen molar-refractivity contribution in [3.05, 3.63) is 59.4 Å². The molecule has 0 radical (unpaired) electrons. The van der Waals surface area contributed by atoms with Gasteiger partial charge in [0, 0.05) is 13.1 Å². The van der Waals surface area contributed by atoms with E-state index in [2.05, 4.69) is 5.32 Å². The molecule has 5 nitrogen and oxygen atoms in total. The third-order valence-electron chi connectivity index (χ3n) is 3.58. The van der Waals surface area contributed by atoms with Crippen molar-refractivity contribution in [2.45, 2.75) is 32.2 Å². The molecule has 0 spiro atoms. The molecule has 0 fully saturated rings. The van der Waals surface area contributed by atoms with Gasteiger partial charge in [-0.2, -0.15) is 8.42 Å². The monoisotopic (exact) mass is 367 g/mol. The van der Waals surface area contributed by atoms with Gasteiger partial charge in [0.15, 0.2) is 11.5 Å². The number of methoxy groups -OCH3 is 1. The highest BCUT2D eigenvalue weighted by Gasteiger charge is 2.20. The lowest BCUT2D eigenvalue weighted by Gasteiger charge is -2.14. The summed E-state index contributed by atoms with van der Waals surface area (Å²) in [5, 5.41) is 2.56. The van der Waals surface area contributed by atoms with Crippen LogP contribution in [-0.2, 0) is 23.2 Å². The molecule has 7 heteroatoms. The van der Waals surface area contributed by atoms with Crippen molar-refractivity contribution >= 4 is 10.1 Å². The molecule has 0 aliphatic heterocycles. The average Bonchev–Trinajstić information content (AvgIpc) is 2.56. The maximum absolute atomic E-state index is 12.9. The van der Waals surface area contributed by atoms with E-state index in [0.29, 0.717) is 18.8 Å². The maximum Gasteiger partial charge on any atom is 0.311 e. The highest BCUT2D eigenvalue weighted by Crippen LogP contribution is 2.30. The van der Waals surface area contributed by atoms with E-state index in [1.807, 2.05) is 6.07 Å². The molecule has 0 atom stereocenters. The summed E-state index contributed by atoms with van der Waals surface area (Å²) in [7, 11) is -2.25. The molecule has 136 valence electrons. The van der Waals surface area contributed by atoms with Crippen molar-refractivity contribution in [1.29, 1.82) is 0 Å². The van der Waals surface area contributed by atoms with Crippen LogP contribution in [0.2, 0.25) is 0 Å². The van der Waals surface area contributed by atoms with Gasteiger partial charge in [-0.05, 0) is 49.2 Å². The summed E-state index contributed by atoms with van der Waals surface area (Å²) >= 11 is 0. The lowest BCUT2D eigenvalue weighted by atomic mass is 10.2. The first-order valence-electron chi connectivity index (χ1n) is 7.87. The van der Waals surface area contributed by atoms with Gasteiger partial charge in [0.25, 0.3) is 0 Å². The maximum atomic E-state index is 12.9. The lowest BCUT2D eigenvalue weighted by molar-refractivity contribution is 0.389. The van der Waals surface area contributed by atoms with Gasteiger partial charge in [-0.1, -0.05) is 18.2 Å². The van der Waals surface area contributed by atoms with E-state index >= 15 is 0 Å². The highest BCUT2D eigenvalue weighted by atomic mass is 32.2. The van der Waals surface area contributed by atoms with Crippen LogP contribution >= 0.6 is 0 Å². The van der Waals surface area contributed by atoms with Crippen molar-refractivity contribution in [2.75, 3.05) is 7.11 Å². The van der Waals surface area contributed by atoms with Crippen LogP contribution in [0.1, 0.15) is 25.0 Å². The summed E-state index contributed by atoms with van der Waals surface area (Å²) in [6.45, 7) is 4.16. The Labute approximate surface area is 147 Å². The number of hydrogen-bond acceptors (Lipinski definition) is 5. The van der Waals surface area contributed by atoms with Crippen molar-refractivity contribution in [3.63, 3.8) is 0 Å². The number of hydrogen-bond donors (Lipinski definition) is 1. The molecule has 0 amide bonds. The Balaban J connectivity index is 2.06. The molecule has 0 heterocycles. The van der Waals surface area contributed by atoms with E-state index < -0.39 is 15.4 Å². The van der Waals surface area contributed by atoms with Crippen LogP contribution in [0.25, 0.3) is 0 Å². The molecular weight excluding hydrogens is 345 g/mol. The topological polar surface area (TPSA) is 64.6 Å². The molecular formula is C18H22FNO4S. The van der Waals surface area contributed by atoms with Crippen molar-refractivity contribution in [1.82, 2.24) is 5.32 Å². The van der Waals surface area contributed by atoms with Gasteiger partial charge in [-0.3, -0.25) is 0 Å². The summed E-state index contributed by atoms with van der Waals surface area (Å²) in [5.41, 5.74) is 1.80. The summed E-state index contributed by atoms with van der Waals surface area (Å²) in [6.07, 6.45) is 0. The highest BCUT2D eigenvalue weighted by molar-refractivity contribution is 7.87. The van der Waals surface area contributed by atoms with Crippen LogP contribution in [0.15, 0.2) is 42.5 Å². The van der Waals surface area contributed by atoms with Gasteiger partial charge in [0.05, 0.1) is 12.4 Å². The molecule has 2 aromatic rings. The zero-order valence-corrected chi connectivity index (χ0v) is 15.3. The lowest BCUT2D eigenvalue weighted by Crippen LogP contribution is -2.20. The standard InChI is InChI=1S/C18H22FNO4S/c1-13(2)25(21,22)24-18-10-15(6-9-17(18)23-3)12-20-11-14-4-7-16(19)8-5-14/h4-10,13,20H,11-12H2,1-3H3. The van der Waals surface area contributed by atoms with Gasteiger partial charge in [-0.15, -0.1) is 0 Å². The van der Waals surface area contributed by atoms with E-state index in [1.165, 1.54) is 19.2 Å². The molecule has 0 aliphatic rings. The van der Waals surface area contributed by atoms with Gasteiger partial charge in [-0.25, -0.2) is 4.39 Å². The van der Waals surface area contributed by atoms with Gasteiger partial charge < -0.3 is 14.2 Å². The Morgan fingerprint density at radius 2 is 1.60 bits per heavy atom. The second-order valence-corrected chi connectivity index (χ2v) is 7.94. The van der Waals surface area contributed by atoms with E-state index in [0.717, 1.165) is 11.1 Å². The van der Waals surface area contributed by atoms with Gasteiger partial charge >= 0.3 is 10.1 Å². The summed E-state index contributed by atoms with van der Waals surface area (Å²) in [6, 6.07) is 11.4. The largest absolute Gasteiger partial charge is 0.493 e. The van der Waals surface area contributed by atoms with Crippen molar-refractivity contribution in [3.8, 4) is 11.5 Å². The zero-order valence-electron chi connectivity index (χ0n) is 14.5. The fourth-order valence-corrected chi connectivity index (χ4v) is 2.64. The number of benzene rings is 2. The third kappa shape index (κ3) is 5.44. The first-order chi connectivity index (χ1) is 11.8. The Morgan fingerprint density at radius 3 is 2.20 bits per heavy atom. The molecule has 0 saturated carbocycles. The molecule has 0 aromatic heterocycles. The first kappa shape index (κ1) is 19.2. The molecule has 0 aliphatic carbocycles. The molecule has 2 rings (SSSR count). The quantitative estimate of drug-likeness (QED) is 0.726. The molecule has 1 N–H and O–H groups in total. The van der Waals surface area contributed by atoms with Crippen LogP contribution in [0.3, 0.4) is 0 Å². The minimum absolute atomic E-state index is 0.164. The summed E-state index contributed by atoms with van der Waals surface area (Å²) in [5.74, 6) is 0.246. The van der Waals surface area contributed by atoms with Crippen LogP contribution < -0.4 is 14.2 Å². The van der Waals surface area contributed by atoms with Crippen LogP contribution in [0.4, 0.5) is 4.39 Å². The van der Waals surface area contributed by atoms with E-state index in [-0.39, 0.29) is 11.6 Å². The SMILES string of the molecule is COc1ccc(CNCc2ccc(F)cc2)cc1OS(=O)(=O)C(C)C. The van der Waals surface area contributed by atoms with E-state index in [9.17, 15) is 12.8 Å². The van der Waals surface area contributed by atoms with E-state index in [1.54, 1.807) is 38.1 Å². The fraction of sp³-hybridized carbons (Fsp3) is 0.333. The van der Waals surface area contributed by atoms with E-state index in [4.69, 9.17) is 8.92 Å². The smallest absolute Gasteiger partial charge is 0.311 e. The van der Waals surface area contributed by atoms with Crippen LogP contribution in [0.5, 0.6) is 11.5 Å². The predicted molar refractivity (Wildman–Crippen MR) is 94.6 cm³/mol. The van der Waals surface area contributed by atoms with Crippen LogP contribution in [0, 0.1) is 5.82 Å². The third-order valence-corrected chi connectivity index (χ3v) is 5.15. The molecule has 0 bridgehead atoms. The number of halogens is 1. The fourth-order valence-electron chi connectivity index (χ4n) is 2.07. The second kappa shape index (κ2) is 8.31. The van der Waals surface area contributed by atoms with Crippen LogP contribution in [-0.4, -0.2) is 20.8 Å². The Bertz CT molecular complexity index is 804. The number of ether oxygens (including phenoxy) is 1. The molecule has 2 aromatic carbocycles. The summed E-state index contributed by atoms with van der Waals surface area (Å²) in [4.78, 5) is 0. The Hall–Kier alpha value is -2.12. The predicted octanol–water partition coefficient (Wildman–Crippen LogP) is 3.24. The summed E-state index contributed by atoms with van der Waals surface area (Å²) < 4.78 is 47.2. The van der Waals surface area contributed by atoms with Crippen molar-refractivity contribution in [2.24, 2.45) is 0 Å². The second-order valence-electron chi connectivity index (χ2n) is 5.84. The minimum atomic E-state index is -3.70. The molecule has 25 heavy (non-hydrogen) atoms. The Morgan fingerprint density at radius 1 is 1.00 bits per heavy atom. The van der Waals surface area contributed by atoms with Crippen molar-refractivity contribution < 1.29 is 21.7 Å². The van der Waals surface area contributed by atoms with Gasteiger partial charge in [0.2, 0.25) is 0 Å². The minimum Gasteiger partial charge on any atom is -0.493 e. The average molecular weight is 367 g/mol. The molecule has 0 unspecified atom stereocenters. The zero-order chi connectivity index (χ0) is 18.4. The normalized spacial score (nSPS) is 11.6. The number of rotatable bonds is 8. The number of nitrogens with one attached hydrogen (secondary N) is 1.